The monoisotopic (exact) mass is 260 g/mol. The third-order valence-corrected chi connectivity index (χ3v) is 3.90. The highest BCUT2D eigenvalue weighted by Crippen LogP contribution is 2.35. The fraction of sp³-hybridized carbons (Fsp3) is 0.214. The third-order valence-electron chi connectivity index (χ3n) is 2.61. The summed E-state index contributed by atoms with van der Waals surface area (Å²) in [6, 6.07) is 12.0. The minimum atomic E-state index is 0.225. The molecule has 2 rings (SSSR count). The summed E-state index contributed by atoms with van der Waals surface area (Å²) in [6.45, 7) is 0.583. The number of ether oxygens (including phenoxy) is 1. The van der Waals surface area contributed by atoms with Gasteiger partial charge >= 0.3 is 0 Å². The molecule has 4 heteroatoms. The molecule has 94 valence electrons. The van der Waals surface area contributed by atoms with Gasteiger partial charge in [-0.15, -0.1) is 11.8 Å². The second-order valence-electron chi connectivity index (χ2n) is 3.80. The Kier molecular flexibility index (Phi) is 4.61. The first-order valence-corrected chi connectivity index (χ1v) is 6.62. The summed E-state index contributed by atoms with van der Waals surface area (Å²) in [5, 5.41) is 0.225. The number of nitrogens with zero attached hydrogens (tertiary/aromatic N) is 1. The number of hydrogen-bond donors (Lipinski definition) is 1. The molecule has 1 aromatic carbocycles. The molecule has 2 aromatic rings. The Morgan fingerprint density at radius 3 is 2.72 bits per heavy atom. The summed E-state index contributed by atoms with van der Waals surface area (Å²) in [6.07, 6.45) is 3.59. The molecule has 0 aliphatic rings. The van der Waals surface area contributed by atoms with Gasteiger partial charge in [0.05, 0.1) is 7.11 Å². The van der Waals surface area contributed by atoms with Crippen LogP contribution in [0.3, 0.4) is 0 Å². The van der Waals surface area contributed by atoms with Crippen molar-refractivity contribution in [2.45, 2.75) is 10.1 Å². The van der Waals surface area contributed by atoms with Gasteiger partial charge in [-0.3, -0.25) is 4.98 Å². The van der Waals surface area contributed by atoms with Crippen LogP contribution in [-0.4, -0.2) is 18.6 Å². The van der Waals surface area contributed by atoms with E-state index in [1.807, 2.05) is 30.3 Å². The fourth-order valence-corrected chi connectivity index (χ4v) is 2.66. The molecule has 0 aliphatic carbocycles. The van der Waals surface area contributed by atoms with Gasteiger partial charge in [0.2, 0.25) is 0 Å². The van der Waals surface area contributed by atoms with E-state index < -0.39 is 0 Å². The Hall–Kier alpha value is -1.52. The van der Waals surface area contributed by atoms with E-state index in [0.717, 1.165) is 5.75 Å². The fourth-order valence-electron chi connectivity index (χ4n) is 1.68. The molecular formula is C14H16N2OS. The number of benzene rings is 1. The van der Waals surface area contributed by atoms with E-state index in [1.165, 1.54) is 10.5 Å². The summed E-state index contributed by atoms with van der Waals surface area (Å²) in [5.41, 5.74) is 7.05. The lowest BCUT2D eigenvalue weighted by Gasteiger charge is -2.15. The molecule has 0 amide bonds. The van der Waals surface area contributed by atoms with Crippen molar-refractivity contribution in [3.05, 3.63) is 54.4 Å². The van der Waals surface area contributed by atoms with E-state index in [4.69, 9.17) is 10.5 Å². The Morgan fingerprint density at radius 2 is 2.06 bits per heavy atom. The maximum absolute atomic E-state index is 5.87. The number of methoxy groups -OCH3 is 1. The van der Waals surface area contributed by atoms with E-state index >= 15 is 0 Å². The standard InChI is InChI=1S/C14H16N2OS/c1-17-12-4-2-3-11(9-12)14(10-15)18-13-5-7-16-8-6-13/h2-9,14H,10,15H2,1H3. The molecule has 1 heterocycles. The highest BCUT2D eigenvalue weighted by Gasteiger charge is 2.12. The molecule has 18 heavy (non-hydrogen) atoms. The van der Waals surface area contributed by atoms with Crippen molar-refractivity contribution in [2.24, 2.45) is 5.73 Å². The van der Waals surface area contributed by atoms with Gasteiger partial charge in [-0.2, -0.15) is 0 Å². The lowest BCUT2D eigenvalue weighted by atomic mass is 10.1. The number of rotatable bonds is 5. The summed E-state index contributed by atoms with van der Waals surface area (Å²) in [7, 11) is 1.67. The Bertz CT molecular complexity index is 490. The van der Waals surface area contributed by atoms with E-state index in [1.54, 1.807) is 31.3 Å². The number of thioether (sulfide) groups is 1. The van der Waals surface area contributed by atoms with Gasteiger partial charge in [0, 0.05) is 29.1 Å². The lowest BCUT2D eigenvalue weighted by Crippen LogP contribution is -2.09. The van der Waals surface area contributed by atoms with Crippen LogP contribution >= 0.6 is 11.8 Å². The SMILES string of the molecule is COc1cccc(C(CN)Sc2ccncc2)c1. The van der Waals surface area contributed by atoms with Crippen LogP contribution in [0.4, 0.5) is 0 Å². The molecule has 1 unspecified atom stereocenters. The molecule has 1 atom stereocenters. The van der Waals surface area contributed by atoms with Gasteiger partial charge in [-0.1, -0.05) is 12.1 Å². The van der Waals surface area contributed by atoms with Crippen LogP contribution < -0.4 is 10.5 Å². The van der Waals surface area contributed by atoms with Crippen LogP contribution in [-0.2, 0) is 0 Å². The molecule has 0 bridgehead atoms. The zero-order valence-electron chi connectivity index (χ0n) is 10.2. The second-order valence-corrected chi connectivity index (χ2v) is 5.08. The number of nitrogens with two attached hydrogens (primary N) is 1. The highest BCUT2D eigenvalue weighted by atomic mass is 32.2. The van der Waals surface area contributed by atoms with Crippen molar-refractivity contribution in [3.63, 3.8) is 0 Å². The van der Waals surface area contributed by atoms with Crippen LogP contribution in [0.25, 0.3) is 0 Å². The Labute approximate surface area is 111 Å². The van der Waals surface area contributed by atoms with Crippen LogP contribution in [0, 0.1) is 0 Å². The normalized spacial score (nSPS) is 12.1. The summed E-state index contributed by atoms with van der Waals surface area (Å²) < 4.78 is 5.24. The average molecular weight is 260 g/mol. The molecule has 0 saturated carbocycles. The molecule has 0 radical (unpaired) electrons. The first-order valence-electron chi connectivity index (χ1n) is 5.74. The van der Waals surface area contributed by atoms with E-state index in [9.17, 15) is 0 Å². The van der Waals surface area contributed by atoms with Crippen LogP contribution in [0.1, 0.15) is 10.8 Å². The number of pyridine rings is 1. The molecule has 0 aliphatic heterocycles. The summed E-state index contributed by atoms with van der Waals surface area (Å²) >= 11 is 1.74. The van der Waals surface area contributed by atoms with E-state index in [0.29, 0.717) is 6.54 Å². The quantitative estimate of drug-likeness (QED) is 0.840. The Morgan fingerprint density at radius 1 is 1.28 bits per heavy atom. The molecule has 3 nitrogen and oxygen atoms in total. The zero-order valence-corrected chi connectivity index (χ0v) is 11.1. The highest BCUT2D eigenvalue weighted by molar-refractivity contribution is 7.99. The Balaban J connectivity index is 2.17. The molecule has 1 aromatic heterocycles. The van der Waals surface area contributed by atoms with Crippen LogP contribution in [0.2, 0.25) is 0 Å². The van der Waals surface area contributed by atoms with Gasteiger partial charge in [0.25, 0.3) is 0 Å². The van der Waals surface area contributed by atoms with Crippen LogP contribution in [0.15, 0.2) is 53.7 Å². The maximum atomic E-state index is 5.87. The summed E-state index contributed by atoms with van der Waals surface area (Å²) in [5.74, 6) is 0.862. The predicted molar refractivity (Wildman–Crippen MR) is 74.9 cm³/mol. The zero-order chi connectivity index (χ0) is 12.8. The topological polar surface area (TPSA) is 48.1 Å². The smallest absolute Gasteiger partial charge is 0.119 e. The maximum Gasteiger partial charge on any atom is 0.119 e. The number of hydrogen-bond acceptors (Lipinski definition) is 4. The minimum absolute atomic E-state index is 0.225. The molecular weight excluding hydrogens is 244 g/mol. The van der Waals surface area contributed by atoms with Crippen molar-refractivity contribution in [3.8, 4) is 5.75 Å². The summed E-state index contributed by atoms with van der Waals surface area (Å²) in [4.78, 5) is 5.18. The van der Waals surface area contributed by atoms with Gasteiger partial charge in [-0.25, -0.2) is 0 Å². The van der Waals surface area contributed by atoms with Gasteiger partial charge in [0.1, 0.15) is 5.75 Å². The lowest BCUT2D eigenvalue weighted by molar-refractivity contribution is 0.414. The molecule has 0 spiro atoms. The first kappa shape index (κ1) is 12.9. The number of aromatic nitrogens is 1. The largest absolute Gasteiger partial charge is 0.497 e. The van der Waals surface area contributed by atoms with Gasteiger partial charge in [0.15, 0.2) is 0 Å². The van der Waals surface area contributed by atoms with Crippen molar-refractivity contribution in [1.29, 1.82) is 0 Å². The minimum Gasteiger partial charge on any atom is -0.497 e. The van der Waals surface area contributed by atoms with E-state index in [-0.39, 0.29) is 5.25 Å². The van der Waals surface area contributed by atoms with Crippen molar-refractivity contribution >= 4 is 11.8 Å². The molecule has 0 fully saturated rings. The second kappa shape index (κ2) is 6.42. The van der Waals surface area contributed by atoms with Gasteiger partial charge < -0.3 is 10.5 Å². The molecule has 0 saturated heterocycles. The average Bonchev–Trinajstić information content (AvgIpc) is 2.46. The molecule has 2 N–H and O–H groups in total. The van der Waals surface area contributed by atoms with Crippen LogP contribution in [0.5, 0.6) is 5.75 Å². The van der Waals surface area contributed by atoms with Crippen molar-refractivity contribution in [1.82, 2.24) is 4.98 Å². The van der Waals surface area contributed by atoms with Gasteiger partial charge in [-0.05, 0) is 29.8 Å². The third kappa shape index (κ3) is 3.24. The predicted octanol–water partition coefficient (Wildman–Crippen LogP) is 2.88. The van der Waals surface area contributed by atoms with Crippen molar-refractivity contribution in [2.75, 3.05) is 13.7 Å². The first-order chi connectivity index (χ1) is 8.83. The van der Waals surface area contributed by atoms with Crippen molar-refractivity contribution < 1.29 is 4.74 Å². The van der Waals surface area contributed by atoms with E-state index in [2.05, 4.69) is 11.1 Å².